The second-order valence-corrected chi connectivity index (χ2v) is 14.3. The first kappa shape index (κ1) is 35.9. The van der Waals surface area contributed by atoms with Crippen molar-refractivity contribution in [3.8, 4) is 11.5 Å². The van der Waals surface area contributed by atoms with Crippen molar-refractivity contribution in [2.75, 3.05) is 33.9 Å². The van der Waals surface area contributed by atoms with Crippen LogP contribution in [0.2, 0.25) is 5.02 Å². The summed E-state index contributed by atoms with van der Waals surface area (Å²) < 4.78 is 38.3. The summed E-state index contributed by atoms with van der Waals surface area (Å²) in [5.74, 6) is 0.716. The van der Waals surface area contributed by atoms with Gasteiger partial charge < -0.3 is 19.7 Å². The Hall–Kier alpha value is -4.38. The van der Waals surface area contributed by atoms with Crippen molar-refractivity contribution in [1.29, 1.82) is 0 Å². The number of hydrogen-bond donors (Lipinski definition) is 1. The number of benzene rings is 4. The number of sulfonamides is 1. The molecule has 1 aliphatic heterocycles. The Morgan fingerprint density at radius 2 is 1.45 bits per heavy atom. The number of carbonyl (C=O) groups excluding carboxylic acids is 2. The molecule has 1 saturated heterocycles. The molecule has 0 saturated carbocycles. The number of ether oxygens (including phenoxy) is 2. The van der Waals surface area contributed by atoms with Crippen LogP contribution >= 0.6 is 11.6 Å². The predicted octanol–water partition coefficient (Wildman–Crippen LogP) is 6.20. The highest BCUT2D eigenvalue weighted by Crippen LogP contribution is 2.29. The molecule has 1 aliphatic rings. The molecular formula is C38H42ClN3O6S. The van der Waals surface area contributed by atoms with Crippen LogP contribution in [0.1, 0.15) is 47.6 Å². The molecule has 0 spiro atoms. The van der Waals surface area contributed by atoms with E-state index in [2.05, 4.69) is 5.32 Å². The van der Waals surface area contributed by atoms with Gasteiger partial charge in [-0.25, -0.2) is 8.42 Å². The van der Waals surface area contributed by atoms with Gasteiger partial charge in [0.1, 0.15) is 6.04 Å². The molecule has 0 bridgehead atoms. The number of nitrogens with zero attached hydrogens (tertiary/aromatic N) is 2. The summed E-state index contributed by atoms with van der Waals surface area (Å²) in [5.41, 5.74) is 3.30. The molecule has 2 amide bonds. The molecule has 258 valence electrons. The largest absolute Gasteiger partial charge is 0.493 e. The molecule has 1 unspecified atom stereocenters. The summed E-state index contributed by atoms with van der Waals surface area (Å²) in [6, 6.07) is 27.9. The van der Waals surface area contributed by atoms with Gasteiger partial charge in [-0.3, -0.25) is 9.59 Å². The van der Waals surface area contributed by atoms with Gasteiger partial charge in [0.15, 0.2) is 11.5 Å². The van der Waals surface area contributed by atoms with Gasteiger partial charge in [-0.05, 0) is 84.3 Å². The van der Waals surface area contributed by atoms with Gasteiger partial charge in [-0.15, -0.1) is 0 Å². The molecule has 5 rings (SSSR count). The number of methoxy groups -OCH3 is 2. The van der Waals surface area contributed by atoms with E-state index in [9.17, 15) is 18.0 Å². The molecule has 1 heterocycles. The number of hydrogen-bond acceptors (Lipinski definition) is 6. The molecule has 0 aliphatic carbocycles. The standard InChI is InChI=1S/C38H42ClN3O6S/c1-47-34-20-14-29(26-35(34)48-2)22-23-40-38(44)37(31-8-4-3-5-9-31)42(27-30-10-16-32(39)17-11-30)36(43)21-15-28-12-18-33(19-13-28)49(45,46)41-24-6-7-25-41/h3-5,8-14,16-20,26,37H,6-7,15,21-25,27H2,1-2H3,(H,40,44). The monoisotopic (exact) mass is 703 g/mol. The molecular weight excluding hydrogens is 662 g/mol. The fourth-order valence-electron chi connectivity index (χ4n) is 5.98. The van der Waals surface area contributed by atoms with Crippen molar-refractivity contribution in [3.63, 3.8) is 0 Å². The Kier molecular flexibility index (Phi) is 12.3. The molecule has 0 aromatic heterocycles. The van der Waals surface area contributed by atoms with Gasteiger partial charge in [-0.1, -0.05) is 72.3 Å². The lowest BCUT2D eigenvalue weighted by Gasteiger charge is -2.32. The average Bonchev–Trinajstić information content (AvgIpc) is 3.68. The molecule has 9 nitrogen and oxygen atoms in total. The summed E-state index contributed by atoms with van der Waals surface area (Å²) in [7, 11) is -0.370. The first-order valence-corrected chi connectivity index (χ1v) is 18.2. The fourth-order valence-corrected chi connectivity index (χ4v) is 7.62. The lowest BCUT2D eigenvalue weighted by molar-refractivity contribution is -0.141. The van der Waals surface area contributed by atoms with Crippen molar-refractivity contribution < 1.29 is 27.5 Å². The summed E-state index contributed by atoms with van der Waals surface area (Å²) >= 11 is 6.16. The summed E-state index contributed by atoms with van der Waals surface area (Å²) in [6.07, 6.45) is 2.77. The average molecular weight is 704 g/mol. The van der Waals surface area contributed by atoms with Crippen LogP contribution in [0.15, 0.2) is 102 Å². The number of rotatable bonds is 15. The second kappa shape index (κ2) is 16.8. The van der Waals surface area contributed by atoms with Crippen LogP contribution < -0.4 is 14.8 Å². The van der Waals surface area contributed by atoms with Crippen LogP contribution in [0, 0.1) is 0 Å². The third-order valence-electron chi connectivity index (χ3n) is 8.68. The maximum atomic E-state index is 14.1. The zero-order chi connectivity index (χ0) is 34.8. The van der Waals surface area contributed by atoms with E-state index in [1.165, 1.54) is 4.31 Å². The van der Waals surface area contributed by atoms with Crippen molar-refractivity contribution in [1.82, 2.24) is 14.5 Å². The highest BCUT2D eigenvalue weighted by molar-refractivity contribution is 7.89. The molecule has 1 fully saturated rings. The zero-order valence-electron chi connectivity index (χ0n) is 27.8. The van der Waals surface area contributed by atoms with Crippen molar-refractivity contribution >= 4 is 33.4 Å². The molecule has 0 radical (unpaired) electrons. The maximum Gasteiger partial charge on any atom is 0.247 e. The predicted molar refractivity (Wildman–Crippen MR) is 190 cm³/mol. The fraction of sp³-hybridized carbons (Fsp3) is 0.316. The lowest BCUT2D eigenvalue weighted by atomic mass is 10.0. The van der Waals surface area contributed by atoms with E-state index < -0.39 is 16.1 Å². The van der Waals surface area contributed by atoms with Crippen LogP contribution in [0.4, 0.5) is 0 Å². The SMILES string of the molecule is COc1ccc(CCNC(=O)C(c2ccccc2)N(Cc2ccc(Cl)cc2)C(=O)CCc2ccc(S(=O)(=O)N3CCCC3)cc2)cc1OC. The van der Waals surface area contributed by atoms with Gasteiger partial charge >= 0.3 is 0 Å². The minimum absolute atomic E-state index is 0.119. The maximum absolute atomic E-state index is 14.1. The Balaban J connectivity index is 1.35. The highest BCUT2D eigenvalue weighted by Gasteiger charge is 2.32. The Bertz CT molecular complexity index is 1810. The molecule has 4 aromatic carbocycles. The van der Waals surface area contributed by atoms with Crippen molar-refractivity contribution in [2.24, 2.45) is 0 Å². The molecule has 4 aromatic rings. The van der Waals surface area contributed by atoms with E-state index in [1.807, 2.05) is 60.7 Å². The second-order valence-electron chi connectivity index (χ2n) is 11.9. The Morgan fingerprint density at radius 3 is 2.10 bits per heavy atom. The van der Waals surface area contributed by atoms with Crippen LogP contribution in [0.25, 0.3) is 0 Å². The van der Waals surface area contributed by atoms with Gasteiger partial charge in [0.25, 0.3) is 0 Å². The highest BCUT2D eigenvalue weighted by atomic mass is 35.5. The van der Waals surface area contributed by atoms with E-state index >= 15 is 0 Å². The quantitative estimate of drug-likeness (QED) is 0.158. The van der Waals surface area contributed by atoms with Gasteiger partial charge in [0, 0.05) is 37.6 Å². The normalized spacial score (nSPS) is 13.9. The van der Waals surface area contributed by atoms with Gasteiger partial charge in [-0.2, -0.15) is 4.31 Å². The molecule has 1 atom stereocenters. The van der Waals surface area contributed by atoms with Gasteiger partial charge in [0.2, 0.25) is 21.8 Å². The minimum atomic E-state index is -3.53. The number of halogens is 1. The van der Waals surface area contributed by atoms with E-state index in [0.29, 0.717) is 54.6 Å². The first-order chi connectivity index (χ1) is 23.7. The number of carbonyl (C=O) groups is 2. The molecule has 11 heteroatoms. The lowest BCUT2D eigenvalue weighted by Crippen LogP contribution is -2.44. The minimum Gasteiger partial charge on any atom is -0.493 e. The molecule has 1 N–H and O–H groups in total. The summed E-state index contributed by atoms with van der Waals surface area (Å²) in [4.78, 5) is 30.0. The third-order valence-corrected chi connectivity index (χ3v) is 10.8. The first-order valence-electron chi connectivity index (χ1n) is 16.4. The van der Waals surface area contributed by atoms with Crippen LogP contribution in [0.3, 0.4) is 0 Å². The Labute approximate surface area is 293 Å². The van der Waals surface area contributed by atoms with Crippen LogP contribution in [0.5, 0.6) is 11.5 Å². The van der Waals surface area contributed by atoms with Crippen molar-refractivity contribution in [3.05, 3.63) is 124 Å². The smallest absolute Gasteiger partial charge is 0.247 e. The van der Waals surface area contributed by atoms with Crippen LogP contribution in [-0.4, -0.2) is 63.3 Å². The van der Waals surface area contributed by atoms with E-state index in [-0.39, 0.29) is 29.7 Å². The summed E-state index contributed by atoms with van der Waals surface area (Å²) in [6.45, 7) is 1.60. The topological polar surface area (TPSA) is 105 Å². The number of nitrogens with one attached hydrogen (secondary N) is 1. The zero-order valence-corrected chi connectivity index (χ0v) is 29.4. The Morgan fingerprint density at radius 1 is 0.816 bits per heavy atom. The molecule has 49 heavy (non-hydrogen) atoms. The third kappa shape index (κ3) is 9.20. The van der Waals surface area contributed by atoms with E-state index in [0.717, 1.165) is 29.5 Å². The van der Waals surface area contributed by atoms with E-state index in [1.54, 1.807) is 55.5 Å². The van der Waals surface area contributed by atoms with Gasteiger partial charge in [0.05, 0.1) is 19.1 Å². The van der Waals surface area contributed by atoms with Crippen molar-refractivity contribution in [2.45, 2.75) is 49.6 Å². The summed E-state index contributed by atoms with van der Waals surface area (Å²) in [5, 5.41) is 3.63. The van der Waals surface area contributed by atoms with E-state index in [4.69, 9.17) is 21.1 Å². The number of aryl methyl sites for hydroxylation is 1. The van der Waals surface area contributed by atoms with Crippen LogP contribution in [-0.2, 0) is 39.0 Å². The number of amides is 2.